The van der Waals surface area contributed by atoms with E-state index < -0.39 is 34.0 Å². The predicted molar refractivity (Wildman–Crippen MR) is 75.1 cm³/mol. The lowest BCUT2D eigenvalue weighted by molar-refractivity contribution is -0.142. The van der Waals surface area contributed by atoms with Crippen molar-refractivity contribution in [1.29, 1.82) is 0 Å². The third-order valence-electron chi connectivity index (χ3n) is 3.36. The Kier molecular flexibility index (Phi) is 6.56. The number of carboxylic acids is 1. The number of carboxylic acid groups (broad SMARTS) is 1. The number of aliphatic carboxylic acids is 1. The fraction of sp³-hybridized carbons (Fsp3) is 0.833. The number of nitrogens with one attached hydrogen (secondary N) is 1. The van der Waals surface area contributed by atoms with E-state index in [-0.39, 0.29) is 25.3 Å². The van der Waals surface area contributed by atoms with Crippen molar-refractivity contribution in [3.05, 3.63) is 0 Å². The average Bonchev–Trinajstić information content (AvgIpc) is 2.88. The summed E-state index contributed by atoms with van der Waals surface area (Å²) in [6.07, 6.45) is 1.28. The van der Waals surface area contributed by atoms with Gasteiger partial charge < -0.3 is 15.5 Å². The molecule has 9 heteroatoms. The van der Waals surface area contributed by atoms with Crippen LogP contribution < -0.4 is 5.32 Å². The first-order valence-corrected chi connectivity index (χ1v) is 8.58. The Hall–Kier alpha value is -1.19. The second kappa shape index (κ2) is 7.71. The molecule has 1 rings (SSSR count). The van der Waals surface area contributed by atoms with Gasteiger partial charge >= 0.3 is 5.97 Å². The van der Waals surface area contributed by atoms with Gasteiger partial charge in [-0.15, -0.1) is 0 Å². The molecule has 1 fully saturated rings. The van der Waals surface area contributed by atoms with E-state index in [2.05, 4.69) is 5.32 Å². The van der Waals surface area contributed by atoms with Gasteiger partial charge in [-0.2, -0.15) is 4.31 Å². The van der Waals surface area contributed by atoms with Gasteiger partial charge in [0, 0.05) is 19.6 Å². The monoisotopic (exact) mass is 322 g/mol. The summed E-state index contributed by atoms with van der Waals surface area (Å²) in [6.45, 7) is 1.64. The molecule has 0 radical (unpaired) electrons. The van der Waals surface area contributed by atoms with Crippen LogP contribution in [0.3, 0.4) is 0 Å². The highest BCUT2D eigenvalue weighted by atomic mass is 32.2. The maximum absolute atomic E-state index is 12.1. The molecule has 3 N–H and O–H groups in total. The highest BCUT2D eigenvalue weighted by Gasteiger charge is 2.39. The normalized spacial score (nSPS) is 21.1. The van der Waals surface area contributed by atoms with E-state index in [0.717, 1.165) is 4.31 Å². The van der Waals surface area contributed by atoms with Gasteiger partial charge in [-0.3, -0.25) is 4.79 Å². The van der Waals surface area contributed by atoms with E-state index in [1.807, 2.05) is 0 Å². The zero-order valence-corrected chi connectivity index (χ0v) is 12.8. The van der Waals surface area contributed by atoms with Crippen molar-refractivity contribution in [3.8, 4) is 0 Å². The molecular formula is C12H22N2O6S. The average molecular weight is 322 g/mol. The van der Waals surface area contributed by atoms with Crippen LogP contribution in [-0.4, -0.2) is 65.8 Å². The van der Waals surface area contributed by atoms with E-state index in [4.69, 9.17) is 10.2 Å². The third kappa shape index (κ3) is 4.65. The molecule has 0 spiro atoms. The third-order valence-corrected chi connectivity index (χ3v) is 5.43. The summed E-state index contributed by atoms with van der Waals surface area (Å²) in [5.41, 5.74) is 0. The summed E-state index contributed by atoms with van der Waals surface area (Å²) < 4.78 is 25.3. The highest BCUT2D eigenvalue weighted by molar-refractivity contribution is 7.89. The van der Waals surface area contributed by atoms with Gasteiger partial charge in [-0.05, 0) is 19.3 Å². The van der Waals surface area contributed by atoms with Crippen LogP contribution >= 0.6 is 0 Å². The van der Waals surface area contributed by atoms with Crippen molar-refractivity contribution in [3.63, 3.8) is 0 Å². The predicted octanol–water partition coefficient (Wildman–Crippen LogP) is -0.858. The van der Waals surface area contributed by atoms with Gasteiger partial charge in [0.15, 0.2) is 0 Å². The Balaban J connectivity index is 2.78. The maximum atomic E-state index is 12.1. The number of carbonyl (C=O) groups is 2. The SMILES string of the molecule is CCCS(=O)(=O)N1CCCC1C(=O)N[C@H](CCO)C(=O)O. The number of sulfonamides is 1. The molecule has 8 nitrogen and oxygen atoms in total. The lowest BCUT2D eigenvalue weighted by atomic mass is 10.1. The molecule has 0 bridgehead atoms. The molecule has 0 aromatic carbocycles. The summed E-state index contributed by atoms with van der Waals surface area (Å²) in [4.78, 5) is 23.1. The van der Waals surface area contributed by atoms with Crippen LogP contribution in [0.5, 0.6) is 0 Å². The topological polar surface area (TPSA) is 124 Å². The van der Waals surface area contributed by atoms with Crippen molar-refractivity contribution in [1.82, 2.24) is 9.62 Å². The Bertz CT molecular complexity index is 478. The van der Waals surface area contributed by atoms with E-state index in [0.29, 0.717) is 19.3 Å². The van der Waals surface area contributed by atoms with Gasteiger partial charge in [-0.25, -0.2) is 13.2 Å². The molecule has 0 aromatic rings. The fourth-order valence-electron chi connectivity index (χ4n) is 2.36. The van der Waals surface area contributed by atoms with Crippen LogP contribution in [0.25, 0.3) is 0 Å². The molecule has 1 amide bonds. The van der Waals surface area contributed by atoms with Gasteiger partial charge in [-0.1, -0.05) is 6.92 Å². The second-order valence-corrected chi connectivity index (χ2v) is 7.04. The van der Waals surface area contributed by atoms with Crippen LogP contribution in [0.15, 0.2) is 0 Å². The number of carbonyl (C=O) groups excluding carboxylic acids is 1. The molecule has 122 valence electrons. The standard InChI is InChI=1S/C12H22N2O6S/c1-2-8-21(19,20)14-6-3-4-10(14)11(16)13-9(5-7-15)12(17)18/h9-10,15H,2-8H2,1H3,(H,13,16)(H,17,18)/t9-,10?/m1/s1. The first-order valence-electron chi connectivity index (χ1n) is 6.97. The molecule has 0 aliphatic carbocycles. The second-order valence-electron chi connectivity index (χ2n) is 5.00. The molecule has 1 saturated heterocycles. The number of rotatable bonds is 8. The number of aliphatic hydroxyl groups is 1. The molecule has 1 aliphatic heterocycles. The summed E-state index contributed by atoms with van der Waals surface area (Å²) in [6, 6.07) is -2.07. The minimum Gasteiger partial charge on any atom is -0.480 e. The van der Waals surface area contributed by atoms with Crippen LogP contribution in [-0.2, 0) is 19.6 Å². The van der Waals surface area contributed by atoms with Crippen LogP contribution in [0.4, 0.5) is 0 Å². The van der Waals surface area contributed by atoms with Crippen molar-refractivity contribution in [2.24, 2.45) is 0 Å². The summed E-state index contributed by atoms with van der Waals surface area (Å²) in [5.74, 6) is -1.90. The molecule has 2 atom stereocenters. The molecular weight excluding hydrogens is 300 g/mol. The quantitative estimate of drug-likeness (QED) is 0.534. The Morgan fingerprint density at radius 3 is 2.62 bits per heavy atom. The Morgan fingerprint density at radius 2 is 2.10 bits per heavy atom. The van der Waals surface area contributed by atoms with Crippen molar-refractivity contribution in [2.75, 3.05) is 18.9 Å². The fourth-order valence-corrected chi connectivity index (χ4v) is 4.11. The molecule has 1 aliphatic rings. The molecule has 21 heavy (non-hydrogen) atoms. The van der Waals surface area contributed by atoms with Gasteiger partial charge in [0.25, 0.3) is 0 Å². The number of nitrogens with zero attached hydrogens (tertiary/aromatic N) is 1. The van der Waals surface area contributed by atoms with Crippen LogP contribution in [0, 0.1) is 0 Å². The van der Waals surface area contributed by atoms with Crippen LogP contribution in [0.2, 0.25) is 0 Å². The lowest BCUT2D eigenvalue weighted by Gasteiger charge is -2.24. The minimum absolute atomic E-state index is 0.0320. The molecule has 1 heterocycles. The zero-order chi connectivity index (χ0) is 16.0. The molecule has 1 unspecified atom stereocenters. The van der Waals surface area contributed by atoms with Gasteiger partial charge in [0.05, 0.1) is 5.75 Å². The summed E-state index contributed by atoms with van der Waals surface area (Å²) in [5, 5.41) is 20.0. The van der Waals surface area contributed by atoms with Crippen molar-refractivity contribution < 1.29 is 28.2 Å². The first-order chi connectivity index (χ1) is 9.83. The highest BCUT2D eigenvalue weighted by Crippen LogP contribution is 2.22. The van der Waals surface area contributed by atoms with Crippen LogP contribution in [0.1, 0.15) is 32.6 Å². The number of amides is 1. The number of hydrogen-bond acceptors (Lipinski definition) is 5. The van der Waals surface area contributed by atoms with Crippen molar-refractivity contribution in [2.45, 2.75) is 44.7 Å². The minimum atomic E-state index is -3.50. The summed E-state index contributed by atoms with van der Waals surface area (Å²) >= 11 is 0. The van der Waals surface area contributed by atoms with E-state index in [1.54, 1.807) is 6.92 Å². The van der Waals surface area contributed by atoms with E-state index in [9.17, 15) is 18.0 Å². The number of aliphatic hydroxyl groups excluding tert-OH is 1. The molecule has 0 aromatic heterocycles. The van der Waals surface area contributed by atoms with Crippen molar-refractivity contribution >= 4 is 21.9 Å². The largest absolute Gasteiger partial charge is 0.480 e. The van der Waals surface area contributed by atoms with Gasteiger partial charge in [0.2, 0.25) is 15.9 Å². The zero-order valence-electron chi connectivity index (χ0n) is 12.0. The molecule has 0 saturated carbocycles. The summed E-state index contributed by atoms with van der Waals surface area (Å²) in [7, 11) is -3.50. The smallest absolute Gasteiger partial charge is 0.326 e. The Labute approximate surface area is 124 Å². The van der Waals surface area contributed by atoms with E-state index >= 15 is 0 Å². The maximum Gasteiger partial charge on any atom is 0.326 e. The van der Waals surface area contributed by atoms with E-state index in [1.165, 1.54) is 0 Å². The number of hydrogen-bond donors (Lipinski definition) is 3. The van der Waals surface area contributed by atoms with Gasteiger partial charge in [0.1, 0.15) is 12.1 Å². The lowest BCUT2D eigenvalue weighted by Crippen LogP contribution is -2.51. The Morgan fingerprint density at radius 1 is 1.43 bits per heavy atom. The first kappa shape index (κ1) is 17.9.